The van der Waals surface area contributed by atoms with E-state index in [0.29, 0.717) is 0 Å². The van der Waals surface area contributed by atoms with Gasteiger partial charge >= 0.3 is 0 Å². The first kappa shape index (κ1) is 11.4. The van der Waals surface area contributed by atoms with Crippen molar-refractivity contribution in [3.05, 3.63) is 0 Å². The standard InChI is InChI=1S/C11H23NS/c1-3-13-9-8-12-11-7-5-4-6-10(11)2/h10-12H,3-9H2,1-2H3. The molecule has 0 aromatic heterocycles. The molecule has 0 spiro atoms. The molecule has 1 aliphatic rings. The highest BCUT2D eigenvalue weighted by Gasteiger charge is 2.19. The molecule has 1 rings (SSSR count). The fourth-order valence-electron chi connectivity index (χ4n) is 2.08. The summed E-state index contributed by atoms with van der Waals surface area (Å²) < 4.78 is 0. The molecule has 0 aliphatic heterocycles. The Kier molecular flexibility index (Phi) is 5.88. The number of thioether (sulfide) groups is 1. The van der Waals surface area contributed by atoms with E-state index in [9.17, 15) is 0 Å². The topological polar surface area (TPSA) is 12.0 Å². The van der Waals surface area contributed by atoms with Gasteiger partial charge in [0.2, 0.25) is 0 Å². The first-order chi connectivity index (χ1) is 6.34. The molecule has 0 heterocycles. The highest BCUT2D eigenvalue weighted by molar-refractivity contribution is 7.99. The minimum Gasteiger partial charge on any atom is -0.313 e. The Morgan fingerprint density at radius 2 is 2.08 bits per heavy atom. The Balaban J connectivity index is 2.05. The summed E-state index contributed by atoms with van der Waals surface area (Å²) in [6.45, 7) is 5.82. The van der Waals surface area contributed by atoms with Gasteiger partial charge in [0.15, 0.2) is 0 Å². The van der Waals surface area contributed by atoms with E-state index in [-0.39, 0.29) is 0 Å². The van der Waals surface area contributed by atoms with E-state index >= 15 is 0 Å². The zero-order chi connectivity index (χ0) is 9.52. The van der Waals surface area contributed by atoms with Crippen molar-refractivity contribution in [3.63, 3.8) is 0 Å². The molecule has 2 atom stereocenters. The summed E-state index contributed by atoms with van der Waals surface area (Å²) in [5, 5.41) is 3.69. The molecule has 1 aliphatic carbocycles. The van der Waals surface area contributed by atoms with E-state index in [4.69, 9.17) is 0 Å². The van der Waals surface area contributed by atoms with Crippen molar-refractivity contribution in [1.29, 1.82) is 0 Å². The molecule has 13 heavy (non-hydrogen) atoms. The van der Waals surface area contributed by atoms with Gasteiger partial charge in [-0.15, -0.1) is 0 Å². The number of hydrogen-bond acceptors (Lipinski definition) is 2. The molecule has 0 amide bonds. The second-order valence-electron chi connectivity index (χ2n) is 4.02. The average molecular weight is 201 g/mol. The van der Waals surface area contributed by atoms with E-state index in [1.54, 1.807) is 0 Å². The average Bonchev–Trinajstić information content (AvgIpc) is 2.15. The Morgan fingerprint density at radius 1 is 1.31 bits per heavy atom. The van der Waals surface area contributed by atoms with Gasteiger partial charge in [0.05, 0.1) is 0 Å². The fraction of sp³-hybridized carbons (Fsp3) is 1.00. The molecule has 1 N–H and O–H groups in total. The van der Waals surface area contributed by atoms with Crippen molar-refractivity contribution < 1.29 is 0 Å². The third-order valence-electron chi connectivity index (χ3n) is 2.97. The second-order valence-corrected chi connectivity index (χ2v) is 5.41. The SMILES string of the molecule is CCSCCNC1CCCCC1C. The predicted octanol–water partition coefficient (Wildman–Crippen LogP) is 2.91. The monoisotopic (exact) mass is 201 g/mol. The molecule has 0 aromatic rings. The van der Waals surface area contributed by atoms with Gasteiger partial charge in [-0.05, 0) is 24.5 Å². The number of rotatable bonds is 5. The zero-order valence-electron chi connectivity index (χ0n) is 9.01. The summed E-state index contributed by atoms with van der Waals surface area (Å²) >= 11 is 2.04. The van der Waals surface area contributed by atoms with Crippen LogP contribution in [0.4, 0.5) is 0 Å². The van der Waals surface area contributed by atoms with Crippen molar-refractivity contribution in [3.8, 4) is 0 Å². The lowest BCUT2D eigenvalue weighted by atomic mass is 9.86. The van der Waals surface area contributed by atoms with Crippen molar-refractivity contribution in [1.82, 2.24) is 5.32 Å². The maximum atomic E-state index is 3.69. The Hall–Kier alpha value is 0.310. The van der Waals surface area contributed by atoms with Crippen LogP contribution in [-0.2, 0) is 0 Å². The van der Waals surface area contributed by atoms with Gasteiger partial charge in [0, 0.05) is 18.3 Å². The quantitative estimate of drug-likeness (QED) is 0.686. The molecule has 1 nitrogen and oxygen atoms in total. The van der Waals surface area contributed by atoms with Crippen LogP contribution in [0.25, 0.3) is 0 Å². The summed E-state index contributed by atoms with van der Waals surface area (Å²) in [4.78, 5) is 0. The van der Waals surface area contributed by atoms with E-state index in [1.807, 2.05) is 11.8 Å². The van der Waals surface area contributed by atoms with Crippen LogP contribution < -0.4 is 5.32 Å². The lowest BCUT2D eigenvalue weighted by Gasteiger charge is -2.29. The highest BCUT2D eigenvalue weighted by atomic mass is 32.2. The van der Waals surface area contributed by atoms with Gasteiger partial charge in [-0.25, -0.2) is 0 Å². The largest absolute Gasteiger partial charge is 0.313 e. The van der Waals surface area contributed by atoms with E-state index in [1.165, 1.54) is 43.7 Å². The molecule has 2 heteroatoms. The smallest absolute Gasteiger partial charge is 0.00930 e. The fourth-order valence-corrected chi connectivity index (χ4v) is 2.63. The molecule has 0 aromatic carbocycles. The first-order valence-corrected chi connectivity index (χ1v) is 6.81. The van der Waals surface area contributed by atoms with Gasteiger partial charge in [-0.2, -0.15) is 11.8 Å². The molecule has 0 bridgehead atoms. The third kappa shape index (κ3) is 4.37. The maximum absolute atomic E-state index is 3.69. The third-order valence-corrected chi connectivity index (χ3v) is 3.87. The van der Waals surface area contributed by atoms with Crippen LogP contribution in [0, 0.1) is 5.92 Å². The van der Waals surface area contributed by atoms with Crippen molar-refractivity contribution in [2.75, 3.05) is 18.1 Å². The van der Waals surface area contributed by atoms with Gasteiger partial charge in [0.1, 0.15) is 0 Å². The van der Waals surface area contributed by atoms with E-state index in [2.05, 4.69) is 19.2 Å². The van der Waals surface area contributed by atoms with Crippen LogP contribution in [0.3, 0.4) is 0 Å². The van der Waals surface area contributed by atoms with Gasteiger partial charge in [-0.1, -0.05) is 26.7 Å². The first-order valence-electron chi connectivity index (χ1n) is 5.65. The lowest BCUT2D eigenvalue weighted by molar-refractivity contribution is 0.285. The molecule has 0 saturated heterocycles. The van der Waals surface area contributed by atoms with Crippen LogP contribution in [0.5, 0.6) is 0 Å². The summed E-state index contributed by atoms with van der Waals surface area (Å²) in [5.74, 6) is 3.43. The Labute approximate surface area is 87.1 Å². The van der Waals surface area contributed by atoms with Crippen molar-refractivity contribution in [2.24, 2.45) is 5.92 Å². The molecule has 1 fully saturated rings. The molecular weight excluding hydrogens is 178 g/mol. The molecular formula is C11H23NS. The van der Waals surface area contributed by atoms with E-state index in [0.717, 1.165) is 12.0 Å². The van der Waals surface area contributed by atoms with Crippen LogP contribution in [0.1, 0.15) is 39.5 Å². The predicted molar refractivity (Wildman–Crippen MR) is 62.4 cm³/mol. The number of nitrogens with one attached hydrogen (secondary N) is 1. The van der Waals surface area contributed by atoms with Crippen LogP contribution >= 0.6 is 11.8 Å². The molecule has 0 radical (unpaired) electrons. The highest BCUT2D eigenvalue weighted by Crippen LogP contribution is 2.23. The van der Waals surface area contributed by atoms with Gasteiger partial charge in [-0.3, -0.25) is 0 Å². The summed E-state index contributed by atoms with van der Waals surface area (Å²) in [6, 6.07) is 0.811. The number of hydrogen-bond donors (Lipinski definition) is 1. The maximum Gasteiger partial charge on any atom is 0.00930 e. The molecule has 2 unspecified atom stereocenters. The van der Waals surface area contributed by atoms with Crippen LogP contribution in [0.15, 0.2) is 0 Å². The minimum atomic E-state index is 0.811. The van der Waals surface area contributed by atoms with E-state index < -0.39 is 0 Å². The normalized spacial score (nSPS) is 29.1. The summed E-state index contributed by atoms with van der Waals surface area (Å²) in [5.41, 5.74) is 0. The Bertz CT molecular complexity index is 127. The lowest BCUT2D eigenvalue weighted by Crippen LogP contribution is -2.38. The molecule has 1 saturated carbocycles. The minimum absolute atomic E-state index is 0.811. The second kappa shape index (κ2) is 6.72. The summed E-state index contributed by atoms with van der Waals surface area (Å²) in [6.07, 6.45) is 5.71. The van der Waals surface area contributed by atoms with Crippen molar-refractivity contribution in [2.45, 2.75) is 45.6 Å². The molecule has 78 valence electrons. The zero-order valence-corrected chi connectivity index (χ0v) is 9.83. The van der Waals surface area contributed by atoms with Gasteiger partial charge < -0.3 is 5.32 Å². The van der Waals surface area contributed by atoms with Crippen LogP contribution in [0.2, 0.25) is 0 Å². The van der Waals surface area contributed by atoms with Gasteiger partial charge in [0.25, 0.3) is 0 Å². The van der Waals surface area contributed by atoms with Crippen molar-refractivity contribution >= 4 is 11.8 Å². The summed E-state index contributed by atoms with van der Waals surface area (Å²) in [7, 11) is 0. The van der Waals surface area contributed by atoms with Crippen LogP contribution in [-0.4, -0.2) is 24.1 Å². The Morgan fingerprint density at radius 3 is 2.77 bits per heavy atom.